The molecule has 1 fully saturated rings. The summed E-state index contributed by atoms with van der Waals surface area (Å²) in [6.45, 7) is 6.75. The summed E-state index contributed by atoms with van der Waals surface area (Å²) in [5, 5.41) is 15.5. The zero-order valence-electron chi connectivity index (χ0n) is 21.2. The monoisotopic (exact) mass is 479 g/mol. The number of para-hydroxylation sites is 1. The van der Waals surface area contributed by atoms with Gasteiger partial charge in [-0.25, -0.2) is 4.68 Å². The van der Waals surface area contributed by atoms with E-state index in [0.717, 1.165) is 35.0 Å². The predicted octanol–water partition coefficient (Wildman–Crippen LogP) is 5.02. The Bertz CT molecular complexity index is 1060. The highest BCUT2D eigenvalue weighted by Crippen LogP contribution is 2.36. The van der Waals surface area contributed by atoms with Crippen LogP contribution in [0.25, 0.3) is 5.69 Å². The number of rotatable bonds is 13. The summed E-state index contributed by atoms with van der Waals surface area (Å²) >= 11 is 0. The van der Waals surface area contributed by atoms with Gasteiger partial charge >= 0.3 is 0 Å². The fraction of sp³-hybridized carbons (Fsp3) is 0.464. The van der Waals surface area contributed by atoms with Gasteiger partial charge in [-0.2, -0.15) is 5.10 Å². The van der Waals surface area contributed by atoms with E-state index >= 15 is 0 Å². The lowest BCUT2D eigenvalue weighted by molar-refractivity contribution is 0.0345. The second-order valence-electron chi connectivity index (χ2n) is 9.60. The Kier molecular flexibility index (Phi) is 8.44. The quantitative estimate of drug-likeness (QED) is 0.371. The molecule has 0 spiro atoms. The summed E-state index contributed by atoms with van der Waals surface area (Å²) < 4.78 is 18.9. The standard InChI is InChI=1S/C28H37N3O4/c1-20(2)27-26(18-30(16-21-10-11-21)17-23(32)19-33-3)28(35-25-8-6-5-7-9-25)31(29-27)22-12-14-24(34-4)15-13-22/h5-9,12-15,20-21,23,32H,10-11,16-19H2,1-4H3. The molecule has 0 aliphatic heterocycles. The largest absolute Gasteiger partial charge is 0.497 e. The van der Waals surface area contributed by atoms with Gasteiger partial charge in [0.2, 0.25) is 5.88 Å². The first kappa shape index (κ1) is 25.2. The average molecular weight is 480 g/mol. The number of hydrogen-bond donors (Lipinski definition) is 1. The maximum atomic E-state index is 10.5. The van der Waals surface area contributed by atoms with Crippen LogP contribution < -0.4 is 9.47 Å². The average Bonchev–Trinajstić information content (AvgIpc) is 3.60. The molecule has 0 saturated heterocycles. The molecule has 1 atom stereocenters. The number of aliphatic hydroxyl groups excluding tert-OH is 1. The molecule has 1 heterocycles. The summed E-state index contributed by atoms with van der Waals surface area (Å²) in [6, 6.07) is 17.6. The van der Waals surface area contributed by atoms with Crippen LogP contribution in [0.1, 0.15) is 43.9 Å². The van der Waals surface area contributed by atoms with Gasteiger partial charge in [0.1, 0.15) is 11.5 Å². The highest BCUT2D eigenvalue weighted by Gasteiger charge is 2.29. The highest BCUT2D eigenvalue weighted by molar-refractivity contribution is 5.46. The fourth-order valence-corrected chi connectivity index (χ4v) is 4.30. The van der Waals surface area contributed by atoms with Crippen LogP contribution in [0.2, 0.25) is 0 Å². The molecule has 1 aliphatic rings. The van der Waals surface area contributed by atoms with E-state index in [0.29, 0.717) is 31.5 Å². The Morgan fingerprint density at radius 3 is 2.34 bits per heavy atom. The summed E-state index contributed by atoms with van der Waals surface area (Å²) in [7, 11) is 3.28. The van der Waals surface area contributed by atoms with Crippen LogP contribution in [0, 0.1) is 5.92 Å². The van der Waals surface area contributed by atoms with Gasteiger partial charge in [-0.15, -0.1) is 0 Å². The Morgan fingerprint density at radius 1 is 1.03 bits per heavy atom. The lowest BCUT2D eigenvalue weighted by Crippen LogP contribution is -2.36. The van der Waals surface area contributed by atoms with Crippen molar-refractivity contribution in [2.45, 2.75) is 45.3 Å². The number of ether oxygens (including phenoxy) is 3. The molecule has 1 unspecified atom stereocenters. The first-order chi connectivity index (χ1) is 17.0. The molecule has 7 nitrogen and oxygen atoms in total. The molecule has 0 amide bonds. The van der Waals surface area contributed by atoms with Crippen LogP contribution in [0.4, 0.5) is 0 Å². The molecule has 1 saturated carbocycles. The molecule has 35 heavy (non-hydrogen) atoms. The predicted molar refractivity (Wildman–Crippen MR) is 137 cm³/mol. The van der Waals surface area contributed by atoms with E-state index < -0.39 is 6.10 Å². The fourth-order valence-electron chi connectivity index (χ4n) is 4.30. The molecule has 1 N–H and O–H groups in total. The number of aromatic nitrogens is 2. The minimum atomic E-state index is -0.545. The van der Waals surface area contributed by atoms with Crippen LogP contribution in [0.5, 0.6) is 17.4 Å². The van der Waals surface area contributed by atoms with Gasteiger partial charge in [-0.05, 0) is 61.1 Å². The number of benzene rings is 2. The molecule has 3 aromatic rings. The summed E-state index contributed by atoms with van der Waals surface area (Å²) in [4.78, 5) is 2.32. The van der Waals surface area contributed by atoms with Crippen LogP contribution in [-0.2, 0) is 11.3 Å². The molecule has 188 valence electrons. The smallest absolute Gasteiger partial charge is 0.227 e. The number of methoxy groups -OCH3 is 2. The molecule has 0 radical (unpaired) electrons. The van der Waals surface area contributed by atoms with Gasteiger partial charge in [-0.3, -0.25) is 4.90 Å². The van der Waals surface area contributed by atoms with Gasteiger partial charge < -0.3 is 19.3 Å². The minimum Gasteiger partial charge on any atom is -0.497 e. The third-order valence-corrected chi connectivity index (χ3v) is 6.21. The molecule has 2 aromatic carbocycles. The lowest BCUT2D eigenvalue weighted by Gasteiger charge is -2.25. The first-order valence-electron chi connectivity index (χ1n) is 12.4. The van der Waals surface area contributed by atoms with Crippen LogP contribution in [0.15, 0.2) is 54.6 Å². The Morgan fingerprint density at radius 2 is 1.74 bits per heavy atom. The number of hydrogen-bond acceptors (Lipinski definition) is 6. The van der Waals surface area contributed by atoms with Gasteiger partial charge in [0.15, 0.2) is 0 Å². The zero-order chi connectivity index (χ0) is 24.8. The second kappa shape index (κ2) is 11.7. The van der Waals surface area contributed by atoms with Gasteiger partial charge in [0.05, 0.1) is 36.8 Å². The topological polar surface area (TPSA) is 69.0 Å². The van der Waals surface area contributed by atoms with E-state index in [4.69, 9.17) is 19.3 Å². The van der Waals surface area contributed by atoms with Crippen molar-refractivity contribution in [3.05, 3.63) is 65.9 Å². The maximum Gasteiger partial charge on any atom is 0.227 e. The maximum absolute atomic E-state index is 10.5. The minimum absolute atomic E-state index is 0.203. The van der Waals surface area contributed by atoms with Gasteiger partial charge in [-0.1, -0.05) is 32.0 Å². The van der Waals surface area contributed by atoms with Crippen molar-refractivity contribution in [3.8, 4) is 23.1 Å². The zero-order valence-corrected chi connectivity index (χ0v) is 21.2. The third-order valence-electron chi connectivity index (χ3n) is 6.21. The highest BCUT2D eigenvalue weighted by atomic mass is 16.5. The number of nitrogens with zero attached hydrogens (tertiary/aromatic N) is 3. The van der Waals surface area contributed by atoms with E-state index in [-0.39, 0.29) is 5.92 Å². The lowest BCUT2D eigenvalue weighted by atomic mass is 10.1. The van der Waals surface area contributed by atoms with Crippen molar-refractivity contribution in [1.29, 1.82) is 0 Å². The van der Waals surface area contributed by atoms with Crippen molar-refractivity contribution >= 4 is 0 Å². The van der Waals surface area contributed by atoms with E-state index in [1.807, 2.05) is 59.3 Å². The first-order valence-corrected chi connectivity index (χ1v) is 12.4. The normalized spacial score (nSPS) is 14.5. The SMILES string of the molecule is COCC(O)CN(Cc1c(C(C)C)nn(-c2ccc(OC)cc2)c1Oc1ccccc1)CC1CC1. The molecule has 0 bridgehead atoms. The van der Waals surface area contributed by atoms with Crippen molar-refractivity contribution in [2.75, 3.05) is 33.9 Å². The molecule has 4 rings (SSSR count). The Balaban J connectivity index is 1.75. The van der Waals surface area contributed by atoms with Crippen molar-refractivity contribution in [3.63, 3.8) is 0 Å². The Labute approximate surface area is 208 Å². The van der Waals surface area contributed by atoms with Crippen molar-refractivity contribution in [1.82, 2.24) is 14.7 Å². The van der Waals surface area contributed by atoms with E-state index in [9.17, 15) is 5.11 Å². The van der Waals surface area contributed by atoms with Crippen LogP contribution >= 0.6 is 0 Å². The summed E-state index contributed by atoms with van der Waals surface area (Å²) in [5.74, 6) is 3.13. The molecule has 1 aliphatic carbocycles. The second-order valence-corrected chi connectivity index (χ2v) is 9.60. The van der Waals surface area contributed by atoms with E-state index in [2.05, 4.69) is 18.7 Å². The third kappa shape index (κ3) is 6.63. The van der Waals surface area contributed by atoms with Crippen molar-refractivity contribution < 1.29 is 19.3 Å². The number of aliphatic hydroxyl groups is 1. The molecule has 1 aromatic heterocycles. The van der Waals surface area contributed by atoms with Crippen LogP contribution in [-0.4, -0.2) is 59.8 Å². The van der Waals surface area contributed by atoms with Crippen molar-refractivity contribution in [2.24, 2.45) is 5.92 Å². The van der Waals surface area contributed by atoms with Crippen LogP contribution in [0.3, 0.4) is 0 Å². The Hall–Kier alpha value is -2.87. The van der Waals surface area contributed by atoms with Gasteiger partial charge in [0.25, 0.3) is 0 Å². The molecule has 7 heteroatoms. The molecular weight excluding hydrogens is 442 g/mol. The summed E-state index contributed by atoms with van der Waals surface area (Å²) in [5.41, 5.74) is 2.94. The van der Waals surface area contributed by atoms with Gasteiger partial charge in [0, 0.05) is 26.7 Å². The van der Waals surface area contributed by atoms with E-state index in [1.165, 1.54) is 12.8 Å². The van der Waals surface area contributed by atoms with E-state index in [1.54, 1.807) is 14.2 Å². The molecular formula is C28H37N3O4. The summed E-state index contributed by atoms with van der Waals surface area (Å²) in [6.07, 6.45) is 1.94.